The fourth-order valence-corrected chi connectivity index (χ4v) is 1.72. The maximum Gasteiger partial charge on any atom is 0.221 e. The standard InChI is InChI=1S/C14H19NO2/c1-9(2)13-6-12(5-10(3)16)7-14(8-13)15-11(4)17/h6-9H,5H2,1-4H3,(H,15,17). The van der Waals surface area contributed by atoms with Gasteiger partial charge in [-0.05, 0) is 36.1 Å². The molecular formula is C14H19NO2. The van der Waals surface area contributed by atoms with E-state index in [2.05, 4.69) is 19.2 Å². The van der Waals surface area contributed by atoms with Gasteiger partial charge in [0.25, 0.3) is 0 Å². The molecule has 0 saturated carbocycles. The van der Waals surface area contributed by atoms with Gasteiger partial charge in [-0.3, -0.25) is 9.59 Å². The highest BCUT2D eigenvalue weighted by atomic mass is 16.1. The van der Waals surface area contributed by atoms with Gasteiger partial charge in [-0.1, -0.05) is 19.9 Å². The van der Waals surface area contributed by atoms with E-state index in [9.17, 15) is 9.59 Å². The molecule has 0 aliphatic rings. The van der Waals surface area contributed by atoms with Crippen molar-refractivity contribution in [1.29, 1.82) is 0 Å². The Morgan fingerprint density at radius 1 is 1.18 bits per heavy atom. The van der Waals surface area contributed by atoms with Gasteiger partial charge in [-0.2, -0.15) is 0 Å². The first kappa shape index (κ1) is 13.4. The molecule has 0 aliphatic carbocycles. The van der Waals surface area contributed by atoms with Crippen molar-refractivity contribution in [3.8, 4) is 0 Å². The second-order valence-corrected chi connectivity index (χ2v) is 4.68. The maximum atomic E-state index is 11.1. The first-order valence-electron chi connectivity index (χ1n) is 5.79. The molecule has 17 heavy (non-hydrogen) atoms. The predicted molar refractivity (Wildman–Crippen MR) is 69.2 cm³/mol. The van der Waals surface area contributed by atoms with Gasteiger partial charge in [0.05, 0.1) is 0 Å². The van der Waals surface area contributed by atoms with Crippen molar-refractivity contribution in [1.82, 2.24) is 0 Å². The van der Waals surface area contributed by atoms with Gasteiger partial charge in [0.1, 0.15) is 5.78 Å². The van der Waals surface area contributed by atoms with Crippen LogP contribution < -0.4 is 5.32 Å². The Hall–Kier alpha value is -1.64. The quantitative estimate of drug-likeness (QED) is 0.869. The monoisotopic (exact) mass is 233 g/mol. The number of nitrogens with one attached hydrogen (secondary N) is 1. The molecule has 3 nitrogen and oxygen atoms in total. The third-order valence-electron chi connectivity index (χ3n) is 2.46. The van der Waals surface area contributed by atoms with Crippen molar-refractivity contribution in [3.63, 3.8) is 0 Å². The molecule has 1 aromatic rings. The Balaban J connectivity index is 3.08. The summed E-state index contributed by atoms with van der Waals surface area (Å²) in [5.74, 6) is 0.397. The SMILES string of the molecule is CC(=O)Cc1cc(NC(C)=O)cc(C(C)C)c1. The van der Waals surface area contributed by atoms with E-state index in [4.69, 9.17) is 0 Å². The zero-order valence-electron chi connectivity index (χ0n) is 10.8. The van der Waals surface area contributed by atoms with Crippen LogP contribution in [0.2, 0.25) is 0 Å². The predicted octanol–water partition coefficient (Wildman–Crippen LogP) is 2.90. The number of Topliss-reactive ketones (excluding diaryl/α,β-unsaturated/α-hetero) is 1. The number of benzene rings is 1. The van der Waals surface area contributed by atoms with Crippen molar-refractivity contribution in [2.24, 2.45) is 0 Å². The maximum absolute atomic E-state index is 11.1. The van der Waals surface area contributed by atoms with Crippen LogP contribution in [0.5, 0.6) is 0 Å². The van der Waals surface area contributed by atoms with Gasteiger partial charge in [0.2, 0.25) is 5.91 Å². The van der Waals surface area contributed by atoms with Crippen molar-refractivity contribution in [2.45, 2.75) is 40.0 Å². The zero-order valence-corrected chi connectivity index (χ0v) is 10.8. The van der Waals surface area contributed by atoms with Crippen LogP contribution in [0, 0.1) is 0 Å². The summed E-state index contributed by atoms with van der Waals surface area (Å²) in [6.07, 6.45) is 0.410. The lowest BCUT2D eigenvalue weighted by atomic mass is 9.98. The first-order valence-corrected chi connectivity index (χ1v) is 5.79. The molecule has 0 saturated heterocycles. The molecule has 0 unspecified atom stereocenters. The molecular weight excluding hydrogens is 214 g/mol. The molecule has 0 aliphatic heterocycles. The lowest BCUT2D eigenvalue weighted by Crippen LogP contribution is -2.08. The third-order valence-corrected chi connectivity index (χ3v) is 2.46. The van der Waals surface area contributed by atoms with Crippen molar-refractivity contribution in [2.75, 3.05) is 5.32 Å². The van der Waals surface area contributed by atoms with Crippen LogP contribution in [0.4, 0.5) is 5.69 Å². The van der Waals surface area contributed by atoms with Gasteiger partial charge in [0.15, 0.2) is 0 Å². The minimum atomic E-state index is -0.0975. The number of hydrogen-bond donors (Lipinski definition) is 1. The van der Waals surface area contributed by atoms with Gasteiger partial charge < -0.3 is 5.32 Å². The Kier molecular flexibility index (Phi) is 4.44. The number of ketones is 1. The Morgan fingerprint density at radius 3 is 2.29 bits per heavy atom. The molecule has 1 rings (SSSR count). The van der Waals surface area contributed by atoms with Crippen LogP contribution in [0.1, 0.15) is 44.7 Å². The van der Waals surface area contributed by atoms with E-state index in [0.29, 0.717) is 12.3 Å². The van der Waals surface area contributed by atoms with Gasteiger partial charge in [-0.15, -0.1) is 0 Å². The van der Waals surface area contributed by atoms with E-state index in [-0.39, 0.29) is 11.7 Å². The van der Waals surface area contributed by atoms with Crippen LogP contribution >= 0.6 is 0 Å². The normalized spacial score (nSPS) is 10.4. The Labute approximate surface area is 102 Å². The Morgan fingerprint density at radius 2 is 1.82 bits per heavy atom. The number of carbonyl (C=O) groups is 2. The number of anilines is 1. The van der Waals surface area contributed by atoms with E-state index < -0.39 is 0 Å². The van der Waals surface area contributed by atoms with E-state index in [0.717, 1.165) is 16.8 Å². The highest BCUT2D eigenvalue weighted by Crippen LogP contribution is 2.22. The topological polar surface area (TPSA) is 46.2 Å². The minimum absolute atomic E-state index is 0.0975. The summed E-state index contributed by atoms with van der Waals surface area (Å²) < 4.78 is 0. The van der Waals surface area contributed by atoms with Crippen LogP contribution in [0.3, 0.4) is 0 Å². The van der Waals surface area contributed by atoms with Crippen molar-refractivity contribution in [3.05, 3.63) is 29.3 Å². The van der Waals surface area contributed by atoms with Gasteiger partial charge in [-0.25, -0.2) is 0 Å². The fraction of sp³-hybridized carbons (Fsp3) is 0.429. The summed E-state index contributed by atoms with van der Waals surface area (Å²) >= 11 is 0. The lowest BCUT2D eigenvalue weighted by Gasteiger charge is -2.11. The Bertz CT molecular complexity index is 402. The molecule has 0 radical (unpaired) electrons. The summed E-state index contributed by atoms with van der Waals surface area (Å²) in [6, 6.07) is 5.84. The van der Waals surface area contributed by atoms with E-state index in [1.807, 2.05) is 18.2 Å². The molecule has 1 N–H and O–H groups in total. The smallest absolute Gasteiger partial charge is 0.221 e. The zero-order chi connectivity index (χ0) is 13.0. The average Bonchev–Trinajstić information content (AvgIpc) is 2.14. The minimum Gasteiger partial charge on any atom is -0.326 e. The van der Waals surface area contributed by atoms with Crippen LogP contribution in [-0.2, 0) is 16.0 Å². The summed E-state index contributed by atoms with van der Waals surface area (Å²) in [5.41, 5.74) is 2.85. The molecule has 1 amide bonds. The number of carbonyl (C=O) groups excluding carboxylic acids is 2. The summed E-state index contributed by atoms with van der Waals surface area (Å²) in [7, 11) is 0. The fourth-order valence-electron chi connectivity index (χ4n) is 1.72. The molecule has 3 heteroatoms. The van der Waals surface area contributed by atoms with Crippen molar-refractivity contribution >= 4 is 17.4 Å². The number of amides is 1. The number of hydrogen-bond acceptors (Lipinski definition) is 2. The largest absolute Gasteiger partial charge is 0.326 e. The molecule has 0 fully saturated rings. The third kappa shape index (κ3) is 4.39. The summed E-state index contributed by atoms with van der Waals surface area (Å²) in [4.78, 5) is 22.2. The van der Waals surface area contributed by atoms with E-state index in [1.165, 1.54) is 6.92 Å². The number of rotatable bonds is 4. The highest BCUT2D eigenvalue weighted by Gasteiger charge is 2.07. The second kappa shape index (κ2) is 5.62. The molecule has 1 aromatic carbocycles. The van der Waals surface area contributed by atoms with Crippen LogP contribution in [0.25, 0.3) is 0 Å². The summed E-state index contributed by atoms with van der Waals surface area (Å²) in [5, 5.41) is 2.76. The van der Waals surface area contributed by atoms with E-state index in [1.54, 1.807) is 6.92 Å². The van der Waals surface area contributed by atoms with Crippen LogP contribution in [0.15, 0.2) is 18.2 Å². The van der Waals surface area contributed by atoms with Gasteiger partial charge >= 0.3 is 0 Å². The van der Waals surface area contributed by atoms with Crippen LogP contribution in [-0.4, -0.2) is 11.7 Å². The molecule has 0 aromatic heterocycles. The second-order valence-electron chi connectivity index (χ2n) is 4.68. The lowest BCUT2D eigenvalue weighted by molar-refractivity contribution is -0.116. The average molecular weight is 233 g/mol. The van der Waals surface area contributed by atoms with Crippen molar-refractivity contribution < 1.29 is 9.59 Å². The molecule has 0 bridgehead atoms. The molecule has 0 heterocycles. The first-order chi connectivity index (χ1) is 7.88. The molecule has 0 atom stereocenters. The summed E-state index contributed by atoms with van der Waals surface area (Å²) in [6.45, 7) is 7.22. The van der Waals surface area contributed by atoms with Gasteiger partial charge in [0, 0.05) is 19.0 Å². The highest BCUT2D eigenvalue weighted by molar-refractivity contribution is 5.89. The molecule has 92 valence electrons. The molecule has 0 spiro atoms. The van der Waals surface area contributed by atoms with E-state index >= 15 is 0 Å².